The van der Waals surface area contributed by atoms with Crippen LogP contribution in [0.25, 0.3) is 11.1 Å². The molecule has 9 heteroatoms. The molecule has 0 radical (unpaired) electrons. The van der Waals surface area contributed by atoms with Gasteiger partial charge in [-0.2, -0.15) is 13.2 Å². The first-order valence-corrected chi connectivity index (χ1v) is 15.8. The molecule has 2 N–H and O–H groups in total. The Balaban J connectivity index is 1.19. The molecule has 4 aromatic carbocycles. The van der Waals surface area contributed by atoms with Gasteiger partial charge in [0.1, 0.15) is 6.23 Å². The van der Waals surface area contributed by atoms with Gasteiger partial charge in [-0.25, -0.2) is 0 Å². The van der Waals surface area contributed by atoms with E-state index in [1.807, 2.05) is 30.3 Å². The van der Waals surface area contributed by atoms with Gasteiger partial charge >= 0.3 is 6.18 Å². The number of alkyl halides is 3. The van der Waals surface area contributed by atoms with Crippen molar-refractivity contribution >= 4 is 17.3 Å². The van der Waals surface area contributed by atoms with E-state index in [0.29, 0.717) is 35.2 Å². The third-order valence-electron chi connectivity index (χ3n) is 8.46. The SMILES string of the molecule is CCCNCOC(c1ccccc1)N1CCC(N(C)c2ccc(NC(=O)c3ccccc3-c3ccc(C(F)(F)F)cc3)cc2)CC1. The molecule has 0 aliphatic carbocycles. The van der Waals surface area contributed by atoms with Crippen LogP contribution in [0.1, 0.15) is 53.9 Å². The van der Waals surface area contributed by atoms with Crippen molar-refractivity contribution in [3.8, 4) is 11.1 Å². The number of hydrogen-bond acceptors (Lipinski definition) is 5. The van der Waals surface area contributed by atoms with Gasteiger partial charge in [-0.3, -0.25) is 15.0 Å². The predicted molar refractivity (Wildman–Crippen MR) is 178 cm³/mol. The minimum atomic E-state index is -4.42. The van der Waals surface area contributed by atoms with Crippen LogP contribution in [0.5, 0.6) is 0 Å². The molecule has 1 unspecified atom stereocenters. The zero-order valence-corrected chi connectivity index (χ0v) is 26.3. The summed E-state index contributed by atoms with van der Waals surface area (Å²) in [6.45, 7) is 5.40. The fraction of sp³-hybridized carbons (Fsp3) is 0.324. The summed E-state index contributed by atoms with van der Waals surface area (Å²) in [7, 11) is 2.11. The van der Waals surface area contributed by atoms with Crippen molar-refractivity contribution in [1.82, 2.24) is 10.2 Å². The molecule has 0 bridgehead atoms. The zero-order chi connectivity index (χ0) is 32.5. The molecule has 1 atom stereocenters. The molecule has 1 heterocycles. The molecule has 1 amide bonds. The molecule has 0 spiro atoms. The van der Waals surface area contributed by atoms with Crippen molar-refractivity contribution in [2.75, 3.05) is 43.6 Å². The van der Waals surface area contributed by atoms with Crippen LogP contribution in [-0.2, 0) is 10.9 Å². The van der Waals surface area contributed by atoms with Crippen LogP contribution in [0.15, 0.2) is 103 Å². The lowest BCUT2D eigenvalue weighted by Crippen LogP contribution is -2.45. The van der Waals surface area contributed by atoms with E-state index in [2.05, 4.69) is 58.7 Å². The summed E-state index contributed by atoms with van der Waals surface area (Å²) in [4.78, 5) is 18.0. The van der Waals surface area contributed by atoms with Crippen LogP contribution in [-0.4, -0.2) is 50.3 Å². The maximum atomic E-state index is 13.3. The van der Waals surface area contributed by atoms with E-state index in [4.69, 9.17) is 4.74 Å². The molecule has 5 rings (SSSR count). The van der Waals surface area contributed by atoms with E-state index in [0.717, 1.165) is 62.3 Å². The number of halogens is 3. The fourth-order valence-electron chi connectivity index (χ4n) is 5.89. The molecule has 1 fully saturated rings. The Morgan fingerprint density at radius 1 is 0.913 bits per heavy atom. The van der Waals surface area contributed by atoms with Gasteiger partial charge in [-0.1, -0.05) is 67.6 Å². The van der Waals surface area contributed by atoms with E-state index in [-0.39, 0.29) is 12.1 Å². The summed E-state index contributed by atoms with van der Waals surface area (Å²) in [6.07, 6.45) is -1.47. The van der Waals surface area contributed by atoms with Crippen molar-refractivity contribution in [2.24, 2.45) is 0 Å². The van der Waals surface area contributed by atoms with Crippen LogP contribution in [0.4, 0.5) is 24.5 Å². The maximum Gasteiger partial charge on any atom is 0.416 e. The first kappa shape index (κ1) is 33.2. The smallest absolute Gasteiger partial charge is 0.372 e. The highest BCUT2D eigenvalue weighted by molar-refractivity contribution is 6.08. The van der Waals surface area contributed by atoms with Crippen LogP contribution in [0, 0.1) is 0 Å². The van der Waals surface area contributed by atoms with Crippen molar-refractivity contribution in [3.63, 3.8) is 0 Å². The third kappa shape index (κ3) is 8.34. The van der Waals surface area contributed by atoms with Gasteiger partial charge in [0.05, 0.1) is 12.3 Å². The number of carbonyl (C=O) groups excluding carboxylic acids is 1. The number of benzene rings is 4. The molecule has 1 saturated heterocycles. The summed E-state index contributed by atoms with van der Waals surface area (Å²) >= 11 is 0. The lowest BCUT2D eigenvalue weighted by atomic mass is 9.98. The van der Waals surface area contributed by atoms with Crippen LogP contribution in [0.2, 0.25) is 0 Å². The fourth-order valence-corrected chi connectivity index (χ4v) is 5.89. The second kappa shape index (κ2) is 15.4. The highest BCUT2D eigenvalue weighted by Gasteiger charge is 2.30. The lowest BCUT2D eigenvalue weighted by Gasteiger charge is -2.41. The number of anilines is 2. The van der Waals surface area contributed by atoms with Crippen molar-refractivity contribution in [1.29, 1.82) is 0 Å². The van der Waals surface area contributed by atoms with Crippen LogP contribution in [0.3, 0.4) is 0 Å². The Labute approximate surface area is 269 Å². The maximum absolute atomic E-state index is 13.3. The van der Waals surface area contributed by atoms with E-state index in [9.17, 15) is 18.0 Å². The normalized spacial score (nSPS) is 15.0. The van der Waals surface area contributed by atoms with Gasteiger partial charge in [0.2, 0.25) is 0 Å². The average molecular weight is 631 g/mol. The summed E-state index contributed by atoms with van der Waals surface area (Å²) in [5.74, 6) is -0.330. The molecule has 1 aliphatic heterocycles. The first-order valence-electron chi connectivity index (χ1n) is 15.8. The monoisotopic (exact) mass is 630 g/mol. The lowest BCUT2D eigenvalue weighted by molar-refractivity contribution is -0.137. The van der Waals surface area contributed by atoms with E-state index >= 15 is 0 Å². The number of ether oxygens (including phenoxy) is 1. The molecule has 0 aromatic heterocycles. The van der Waals surface area contributed by atoms with Crippen LogP contribution >= 0.6 is 0 Å². The third-order valence-corrected chi connectivity index (χ3v) is 8.46. The largest absolute Gasteiger partial charge is 0.416 e. The number of nitrogens with zero attached hydrogens (tertiary/aromatic N) is 2. The number of piperidine rings is 1. The van der Waals surface area contributed by atoms with Gasteiger partial charge in [-0.15, -0.1) is 0 Å². The number of amides is 1. The Bertz CT molecular complexity index is 1540. The van der Waals surface area contributed by atoms with Crippen LogP contribution < -0.4 is 15.5 Å². The number of nitrogens with one attached hydrogen (secondary N) is 2. The van der Waals surface area contributed by atoms with Gasteiger partial charge in [-0.05, 0) is 85.0 Å². The molecule has 0 saturated carbocycles. The summed E-state index contributed by atoms with van der Waals surface area (Å²) < 4.78 is 45.4. The van der Waals surface area contributed by atoms with E-state index < -0.39 is 11.7 Å². The molecular weight excluding hydrogens is 589 g/mol. The van der Waals surface area contributed by atoms with Gasteiger partial charge in [0, 0.05) is 43.1 Å². The van der Waals surface area contributed by atoms with Crippen molar-refractivity contribution in [3.05, 3.63) is 120 Å². The standard InChI is InChI=1S/C37H41F3N4O2/c1-3-23-41-26-46-36(28-9-5-4-6-10-28)44-24-21-32(22-25-44)43(2)31-19-17-30(18-20-31)42-35(45)34-12-8-7-11-33(34)27-13-15-29(16-14-27)37(38,39)40/h4-20,32,36,41H,3,21-26H2,1-2H3,(H,42,45). The number of carbonyl (C=O) groups is 1. The quantitative estimate of drug-likeness (QED) is 0.122. The Kier molecular flexibility index (Phi) is 11.1. The van der Waals surface area contributed by atoms with Gasteiger partial charge in [0.15, 0.2) is 0 Å². The number of likely N-dealkylation sites (tertiary alicyclic amines) is 1. The summed E-state index contributed by atoms with van der Waals surface area (Å²) in [6, 6.07) is 30.2. The topological polar surface area (TPSA) is 56.8 Å². The van der Waals surface area contributed by atoms with Crippen molar-refractivity contribution < 1.29 is 22.7 Å². The van der Waals surface area contributed by atoms with Gasteiger partial charge < -0.3 is 15.0 Å². The minimum absolute atomic E-state index is 0.0934. The molecular formula is C37H41F3N4O2. The summed E-state index contributed by atoms with van der Waals surface area (Å²) in [5.41, 5.74) is 3.61. The Morgan fingerprint density at radius 2 is 1.57 bits per heavy atom. The molecule has 1 aliphatic rings. The highest BCUT2D eigenvalue weighted by atomic mass is 19.4. The van der Waals surface area contributed by atoms with Gasteiger partial charge in [0.25, 0.3) is 5.91 Å². The average Bonchev–Trinajstić information content (AvgIpc) is 3.08. The zero-order valence-electron chi connectivity index (χ0n) is 26.3. The molecule has 6 nitrogen and oxygen atoms in total. The highest BCUT2D eigenvalue weighted by Crippen LogP contribution is 2.33. The second-order valence-corrected chi connectivity index (χ2v) is 11.6. The molecule has 242 valence electrons. The number of rotatable bonds is 12. The summed E-state index contributed by atoms with van der Waals surface area (Å²) in [5, 5.41) is 6.29. The number of hydrogen-bond donors (Lipinski definition) is 2. The first-order chi connectivity index (χ1) is 22.2. The molecule has 4 aromatic rings. The minimum Gasteiger partial charge on any atom is -0.372 e. The molecule has 46 heavy (non-hydrogen) atoms. The second-order valence-electron chi connectivity index (χ2n) is 11.6. The Hall–Kier alpha value is -4.18. The predicted octanol–water partition coefficient (Wildman–Crippen LogP) is 8.20. The van der Waals surface area contributed by atoms with E-state index in [1.165, 1.54) is 12.1 Å². The van der Waals surface area contributed by atoms with Crippen molar-refractivity contribution in [2.45, 2.75) is 44.6 Å². The Morgan fingerprint density at radius 3 is 2.22 bits per heavy atom. The van der Waals surface area contributed by atoms with E-state index in [1.54, 1.807) is 24.3 Å².